The van der Waals surface area contributed by atoms with Crippen LogP contribution in [-0.4, -0.2) is 58.9 Å². The van der Waals surface area contributed by atoms with E-state index in [4.69, 9.17) is 0 Å². The molecule has 0 amide bonds. The summed E-state index contributed by atoms with van der Waals surface area (Å²) < 4.78 is 177. The fourth-order valence-electron chi connectivity index (χ4n) is 2.07. The van der Waals surface area contributed by atoms with Crippen LogP contribution in [0.4, 0.5) is 57.1 Å². The van der Waals surface area contributed by atoms with Crippen molar-refractivity contribution < 1.29 is 76.5 Å². The molecule has 1 saturated heterocycles. The normalized spacial score (nSPS) is 32.6. The van der Waals surface area contributed by atoms with Crippen molar-refractivity contribution in [3.63, 3.8) is 0 Å². The van der Waals surface area contributed by atoms with Gasteiger partial charge in [-0.15, -0.1) is 0 Å². The molecule has 1 heterocycles. The van der Waals surface area contributed by atoms with Gasteiger partial charge in [0, 0.05) is 0 Å². The van der Waals surface area contributed by atoms with Gasteiger partial charge in [0.25, 0.3) is 0 Å². The van der Waals surface area contributed by atoms with Crippen LogP contribution in [0.1, 0.15) is 6.92 Å². The quantitative estimate of drug-likeness (QED) is 0.385. The summed E-state index contributed by atoms with van der Waals surface area (Å²) in [5.74, 6) is -22.6. The molecule has 29 heavy (non-hydrogen) atoms. The van der Waals surface area contributed by atoms with E-state index in [0.29, 0.717) is 0 Å². The van der Waals surface area contributed by atoms with Crippen LogP contribution >= 0.6 is 0 Å². The summed E-state index contributed by atoms with van der Waals surface area (Å²) in [7, 11) is 0. The van der Waals surface area contributed by atoms with E-state index in [1.807, 2.05) is 6.58 Å². The minimum atomic E-state index is -7.05. The van der Waals surface area contributed by atoms with Crippen molar-refractivity contribution in [3.05, 3.63) is 12.2 Å². The average molecular weight is 462 g/mol. The van der Waals surface area contributed by atoms with E-state index in [-0.39, 0.29) is 0 Å². The highest BCUT2D eigenvalue weighted by molar-refractivity contribution is 5.89. The number of halogens is 13. The van der Waals surface area contributed by atoms with Crippen molar-refractivity contribution in [3.8, 4) is 0 Å². The molecule has 0 aliphatic carbocycles. The molecule has 1 rings (SSSR count). The van der Waals surface area contributed by atoms with Crippen LogP contribution in [0.25, 0.3) is 0 Å². The predicted molar refractivity (Wildman–Crippen MR) is 61.5 cm³/mol. The lowest BCUT2D eigenvalue weighted by Crippen LogP contribution is -2.83. The van der Waals surface area contributed by atoms with Gasteiger partial charge >= 0.3 is 42.1 Å². The second-order valence-electron chi connectivity index (χ2n) is 5.79. The Balaban J connectivity index is 3.80. The van der Waals surface area contributed by atoms with E-state index < -0.39 is 66.3 Å². The number of aliphatic hydroxyl groups is 1. The summed E-state index contributed by atoms with van der Waals surface area (Å²) in [5.41, 5.74) is -8.49. The highest BCUT2D eigenvalue weighted by atomic mass is 19.4. The van der Waals surface area contributed by atoms with Crippen LogP contribution in [0.3, 0.4) is 0 Å². The van der Waals surface area contributed by atoms with Gasteiger partial charge in [-0.05, 0) is 6.92 Å². The zero-order valence-electron chi connectivity index (χ0n) is 13.4. The molecular formula is C12H7F13O4. The second kappa shape index (κ2) is 6.36. The topological polar surface area (TPSA) is 55.8 Å². The van der Waals surface area contributed by atoms with Crippen molar-refractivity contribution in [2.75, 3.05) is 0 Å². The molecule has 1 aliphatic heterocycles. The summed E-state index contributed by atoms with van der Waals surface area (Å²) in [6.07, 6.45) is -24.7. The molecule has 0 bridgehead atoms. The smallest absolute Gasteiger partial charge is 0.414 e. The Morgan fingerprint density at radius 1 is 1.00 bits per heavy atom. The summed E-state index contributed by atoms with van der Waals surface area (Å²) in [6, 6.07) is 0. The highest BCUT2D eigenvalue weighted by Crippen LogP contribution is 2.62. The Morgan fingerprint density at radius 2 is 1.41 bits per heavy atom. The molecule has 1 N–H and O–H groups in total. The van der Waals surface area contributed by atoms with Gasteiger partial charge in [0.1, 0.15) is 5.57 Å². The number of esters is 1. The molecule has 170 valence electrons. The van der Waals surface area contributed by atoms with Gasteiger partial charge in [0.05, 0.1) is 0 Å². The summed E-state index contributed by atoms with van der Waals surface area (Å²) in [4.78, 5) is 11.2. The van der Waals surface area contributed by atoms with E-state index in [0.717, 1.165) is 0 Å². The van der Waals surface area contributed by atoms with E-state index in [1.165, 1.54) is 0 Å². The number of carbonyl (C=O) groups is 1. The van der Waals surface area contributed by atoms with Gasteiger partial charge in [0.2, 0.25) is 6.10 Å². The van der Waals surface area contributed by atoms with Crippen molar-refractivity contribution in [1.29, 1.82) is 0 Å². The van der Waals surface area contributed by atoms with Gasteiger partial charge in [0.15, 0.2) is 5.60 Å². The maximum absolute atomic E-state index is 14.2. The van der Waals surface area contributed by atoms with Crippen LogP contribution in [0.5, 0.6) is 0 Å². The largest absolute Gasteiger partial charge is 0.462 e. The van der Waals surface area contributed by atoms with Crippen LogP contribution in [0, 0.1) is 0 Å². The summed E-state index contributed by atoms with van der Waals surface area (Å²) >= 11 is 0. The Bertz CT molecular complexity index is 687. The predicted octanol–water partition coefficient (Wildman–Crippen LogP) is 3.89. The van der Waals surface area contributed by atoms with Crippen molar-refractivity contribution >= 4 is 5.97 Å². The molecule has 0 saturated carbocycles. The van der Waals surface area contributed by atoms with Crippen molar-refractivity contribution in [2.24, 2.45) is 0 Å². The Morgan fingerprint density at radius 3 is 1.72 bits per heavy atom. The number of carbonyl (C=O) groups excluding carboxylic acids is 1. The molecule has 0 aromatic rings. The first-order chi connectivity index (χ1) is 12.4. The van der Waals surface area contributed by atoms with Crippen LogP contribution in [0.2, 0.25) is 0 Å². The van der Waals surface area contributed by atoms with Crippen molar-refractivity contribution in [2.45, 2.75) is 54.8 Å². The Kier molecular flexibility index (Phi) is 5.54. The molecule has 1 fully saturated rings. The molecule has 4 nitrogen and oxygen atoms in total. The standard InChI is InChI=1S/C12H7F13O4/c1-3(8(15,16)17)4(26)28-11(12(23,24)25)10(21,22)6(2,27)7(13,14)5(29-11)9(18,19)20/h5,27H,1H2,2H3. The maximum atomic E-state index is 14.2. The van der Waals surface area contributed by atoms with E-state index in [2.05, 4.69) is 9.47 Å². The zero-order valence-corrected chi connectivity index (χ0v) is 13.4. The van der Waals surface area contributed by atoms with Crippen LogP contribution in [0.15, 0.2) is 12.2 Å². The van der Waals surface area contributed by atoms with Crippen molar-refractivity contribution in [1.82, 2.24) is 0 Å². The van der Waals surface area contributed by atoms with Gasteiger partial charge in [-0.1, -0.05) is 6.58 Å². The molecule has 0 spiro atoms. The number of rotatable bonds is 2. The monoisotopic (exact) mass is 462 g/mol. The van der Waals surface area contributed by atoms with Gasteiger partial charge in [-0.3, -0.25) is 0 Å². The molecule has 1 aliphatic rings. The third kappa shape index (κ3) is 3.51. The number of alkyl halides is 13. The Hall–Kier alpha value is -1.78. The molecule has 3 unspecified atom stereocenters. The molecular weight excluding hydrogens is 455 g/mol. The third-order valence-corrected chi connectivity index (χ3v) is 3.78. The molecule has 0 radical (unpaired) electrons. The number of hydrogen-bond donors (Lipinski definition) is 1. The first-order valence-electron chi connectivity index (χ1n) is 6.66. The molecule has 0 aromatic heterocycles. The van der Waals surface area contributed by atoms with E-state index in [9.17, 15) is 67.0 Å². The van der Waals surface area contributed by atoms with Gasteiger partial charge < -0.3 is 14.6 Å². The van der Waals surface area contributed by atoms with Gasteiger partial charge in [-0.2, -0.15) is 57.1 Å². The SMILES string of the molecule is C=C(C(=O)OC1(C(F)(F)F)OC(C(F)(F)F)C(F)(F)C(C)(O)C1(F)F)C(F)(F)F. The first-order valence-corrected chi connectivity index (χ1v) is 6.66. The molecule has 17 heteroatoms. The zero-order chi connectivity index (χ0) is 23.6. The van der Waals surface area contributed by atoms with Gasteiger partial charge in [-0.25, -0.2) is 4.79 Å². The number of hydrogen-bond acceptors (Lipinski definition) is 4. The number of ether oxygens (including phenoxy) is 2. The summed E-state index contributed by atoms with van der Waals surface area (Å²) in [5, 5.41) is 9.26. The second-order valence-corrected chi connectivity index (χ2v) is 5.79. The maximum Gasteiger partial charge on any atom is 0.462 e. The first kappa shape index (κ1) is 25.3. The molecule has 3 atom stereocenters. The fraction of sp³-hybridized carbons (Fsp3) is 0.750. The Labute approximate surface area is 150 Å². The van der Waals surface area contributed by atoms with Crippen LogP contribution in [-0.2, 0) is 14.3 Å². The lowest BCUT2D eigenvalue weighted by Gasteiger charge is -2.54. The summed E-state index contributed by atoms with van der Waals surface area (Å²) in [6.45, 7) is 1.01. The minimum Gasteiger partial charge on any atom is -0.414 e. The average Bonchev–Trinajstić information content (AvgIpc) is 2.44. The lowest BCUT2D eigenvalue weighted by molar-refractivity contribution is -0.529. The van der Waals surface area contributed by atoms with Crippen LogP contribution < -0.4 is 0 Å². The van der Waals surface area contributed by atoms with E-state index >= 15 is 0 Å². The molecule has 0 aromatic carbocycles. The minimum absolute atomic E-state index is 0.874. The van der Waals surface area contributed by atoms with E-state index in [1.54, 1.807) is 0 Å². The fourth-order valence-corrected chi connectivity index (χ4v) is 2.07. The third-order valence-electron chi connectivity index (χ3n) is 3.78. The lowest BCUT2D eigenvalue weighted by atomic mass is 9.78. The highest BCUT2D eigenvalue weighted by Gasteiger charge is 2.91.